The zero-order valence-corrected chi connectivity index (χ0v) is 11.1. The summed E-state index contributed by atoms with van der Waals surface area (Å²) in [6, 6.07) is 5.80. The number of aryl methyl sites for hydroxylation is 1. The third-order valence-electron chi connectivity index (χ3n) is 2.74. The van der Waals surface area contributed by atoms with Gasteiger partial charge in [0.05, 0.1) is 5.69 Å². The molecule has 0 aliphatic carbocycles. The lowest BCUT2D eigenvalue weighted by molar-refractivity contribution is -0.112. The van der Waals surface area contributed by atoms with Crippen LogP contribution >= 0.6 is 12.6 Å². The average molecular weight is 262 g/mol. The van der Waals surface area contributed by atoms with Crippen LogP contribution in [0.2, 0.25) is 0 Å². The van der Waals surface area contributed by atoms with E-state index in [0.29, 0.717) is 12.3 Å². The highest BCUT2D eigenvalue weighted by molar-refractivity contribution is 7.96. The van der Waals surface area contributed by atoms with Gasteiger partial charge in [-0.05, 0) is 26.0 Å². The van der Waals surface area contributed by atoms with Crippen LogP contribution in [0.15, 0.2) is 23.3 Å². The molecule has 0 saturated carbocycles. The number of benzene rings is 1. The van der Waals surface area contributed by atoms with E-state index in [0.717, 1.165) is 16.8 Å². The maximum Gasteiger partial charge on any atom is 0.279 e. The predicted octanol–water partition coefficient (Wildman–Crippen LogP) is 1.52. The second kappa shape index (κ2) is 4.81. The summed E-state index contributed by atoms with van der Waals surface area (Å²) in [6.07, 6.45) is 0. The molecule has 2 N–H and O–H groups in total. The first kappa shape index (κ1) is 12.6. The van der Waals surface area contributed by atoms with Gasteiger partial charge in [-0.25, -0.2) is 0 Å². The molecule has 5 nitrogen and oxygen atoms in total. The number of fused-ring (bicyclic) bond motifs is 1. The van der Waals surface area contributed by atoms with Gasteiger partial charge in [0.25, 0.3) is 5.91 Å². The number of amides is 1. The number of amidine groups is 1. The zero-order valence-electron chi connectivity index (χ0n) is 10.2. The fraction of sp³-hybridized carbons (Fsp3) is 0.250. The molecule has 1 aromatic carbocycles. The lowest BCUT2D eigenvalue weighted by atomic mass is 10.1. The summed E-state index contributed by atoms with van der Waals surface area (Å²) >= 11 is 3.78. The minimum absolute atomic E-state index is 0.0977. The van der Waals surface area contributed by atoms with Gasteiger partial charge in [-0.2, -0.15) is 5.10 Å². The first-order valence-corrected chi connectivity index (χ1v) is 6.03. The number of hydrogen-bond acceptors (Lipinski definition) is 3. The average Bonchev–Trinajstić information content (AvgIpc) is 2.57. The van der Waals surface area contributed by atoms with Gasteiger partial charge in [0.1, 0.15) is 0 Å². The minimum atomic E-state index is -0.153. The van der Waals surface area contributed by atoms with E-state index >= 15 is 0 Å². The molecular formula is C12H14N4OS. The molecule has 0 fully saturated rings. The Morgan fingerprint density at radius 2 is 2.28 bits per heavy atom. The van der Waals surface area contributed by atoms with Crippen LogP contribution < -0.4 is 10.3 Å². The van der Waals surface area contributed by atoms with Crippen molar-refractivity contribution in [2.75, 3.05) is 11.4 Å². The Morgan fingerprint density at radius 3 is 2.89 bits per heavy atom. The van der Waals surface area contributed by atoms with E-state index in [4.69, 9.17) is 5.41 Å². The van der Waals surface area contributed by atoms with Crippen LogP contribution in [0.1, 0.15) is 18.1 Å². The standard InChI is InChI=1S/C12H14N4OS/c1-3-16-9-5-4-7(2)6-8(9)10(11(16)17)14-15-12(13)18/h4-6H,3H2,1-2H3,(H3,13,15,18)/b14-10-. The minimum Gasteiger partial charge on any atom is -0.307 e. The predicted molar refractivity (Wildman–Crippen MR) is 75.6 cm³/mol. The van der Waals surface area contributed by atoms with Gasteiger partial charge < -0.3 is 4.90 Å². The molecule has 1 heterocycles. The lowest BCUT2D eigenvalue weighted by Crippen LogP contribution is -2.30. The maximum atomic E-state index is 12.2. The smallest absolute Gasteiger partial charge is 0.279 e. The molecular weight excluding hydrogens is 248 g/mol. The van der Waals surface area contributed by atoms with Crippen LogP contribution in [0.4, 0.5) is 5.69 Å². The highest BCUT2D eigenvalue weighted by Gasteiger charge is 2.33. The van der Waals surface area contributed by atoms with Gasteiger partial charge in [-0.3, -0.25) is 15.6 Å². The molecule has 6 heteroatoms. The molecule has 0 spiro atoms. The molecule has 1 amide bonds. The van der Waals surface area contributed by atoms with E-state index in [2.05, 4.69) is 23.2 Å². The number of anilines is 1. The highest BCUT2D eigenvalue weighted by Crippen LogP contribution is 2.29. The van der Waals surface area contributed by atoms with Crippen molar-refractivity contribution < 1.29 is 4.79 Å². The Kier molecular flexibility index (Phi) is 3.38. The Bertz CT molecular complexity index is 553. The van der Waals surface area contributed by atoms with Crippen LogP contribution in [0.25, 0.3) is 0 Å². The third-order valence-corrected chi connectivity index (χ3v) is 2.84. The molecule has 0 bridgehead atoms. The van der Waals surface area contributed by atoms with Crippen molar-refractivity contribution in [3.8, 4) is 0 Å². The van der Waals surface area contributed by atoms with Gasteiger partial charge in [-0.15, -0.1) is 12.6 Å². The summed E-state index contributed by atoms with van der Waals surface area (Å²) in [5, 5.41) is 11.0. The van der Waals surface area contributed by atoms with Crippen LogP contribution in [-0.4, -0.2) is 23.3 Å². The Morgan fingerprint density at radius 1 is 1.56 bits per heavy atom. The molecule has 2 rings (SSSR count). The first-order chi connectivity index (χ1) is 8.54. The molecule has 0 atom stereocenters. The Balaban J connectivity index is 2.50. The zero-order chi connectivity index (χ0) is 13.3. The van der Waals surface area contributed by atoms with Gasteiger partial charge >= 0.3 is 0 Å². The first-order valence-electron chi connectivity index (χ1n) is 5.58. The highest BCUT2D eigenvalue weighted by atomic mass is 32.1. The second-order valence-electron chi connectivity index (χ2n) is 3.99. The van der Waals surface area contributed by atoms with E-state index in [1.165, 1.54) is 0 Å². The van der Waals surface area contributed by atoms with E-state index in [1.807, 2.05) is 32.0 Å². The number of rotatable bonds is 2. The van der Waals surface area contributed by atoms with Crippen molar-refractivity contribution in [1.82, 2.24) is 5.43 Å². The summed E-state index contributed by atoms with van der Waals surface area (Å²) < 4.78 is 0. The number of hydrazone groups is 1. The van der Waals surface area contributed by atoms with Crippen molar-refractivity contribution in [3.05, 3.63) is 29.3 Å². The van der Waals surface area contributed by atoms with Crippen molar-refractivity contribution in [2.45, 2.75) is 13.8 Å². The number of carbonyl (C=O) groups is 1. The quantitative estimate of drug-likeness (QED) is 0.327. The molecule has 0 aromatic heterocycles. The molecule has 1 aliphatic rings. The summed E-state index contributed by atoms with van der Waals surface area (Å²) in [6.45, 7) is 4.47. The van der Waals surface area contributed by atoms with Crippen LogP contribution in [0.5, 0.6) is 0 Å². The third kappa shape index (κ3) is 2.11. The van der Waals surface area contributed by atoms with Crippen molar-refractivity contribution in [1.29, 1.82) is 5.41 Å². The topological polar surface area (TPSA) is 68.6 Å². The van der Waals surface area contributed by atoms with Crippen molar-refractivity contribution >= 4 is 35.1 Å². The number of nitrogens with one attached hydrogen (secondary N) is 2. The molecule has 1 aromatic rings. The Hall–Kier alpha value is -1.82. The normalized spacial score (nSPS) is 16.1. The number of hydrogen-bond donors (Lipinski definition) is 3. The fourth-order valence-corrected chi connectivity index (χ4v) is 2.01. The number of carbonyl (C=O) groups excluding carboxylic acids is 1. The van der Waals surface area contributed by atoms with Gasteiger partial charge in [0.2, 0.25) is 0 Å². The van der Waals surface area contributed by atoms with E-state index in [-0.39, 0.29) is 11.1 Å². The van der Waals surface area contributed by atoms with E-state index in [1.54, 1.807) is 4.90 Å². The second-order valence-corrected chi connectivity index (χ2v) is 4.44. The molecule has 1 aliphatic heterocycles. The molecule has 0 radical (unpaired) electrons. The summed E-state index contributed by atoms with van der Waals surface area (Å²) in [5.41, 5.74) is 5.46. The fourth-order valence-electron chi connectivity index (χ4n) is 1.96. The maximum absolute atomic E-state index is 12.2. The summed E-state index contributed by atoms with van der Waals surface area (Å²) in [5.74, 6) is -0.153. The lowest BCUT2D eigenvalue weighted by Gasteiger charge is -2.13. The monoisotopic (exact) mass is 262 g/mol. The summed E-state index contributed by atoms with van der Waals surface area (Å²) in [7, 11) is 0. The van der Waals surface area contributed by atoms with Gasteiger partial charge in [0, 0.05) is 12.1 Å². The SMILES string of the molecule is CCN1C(=O)/C(=N\NC(=N)S)c2cc(C)ccc21. The van der Waals surface area contributed by atoms with Crippen LogP contribution in [-0.2, 0) is 4.79 Å². The molecule has 94 valence electrons. The molecule has 0 unspecified atom stereocenters. The van der Waals surface area contributed by atoms with Crippen molar-refractivity contribution in [3.63, 3.8) is 0 Å². The van der Waals surface area contributed by atoms with Crippen LogP contribution in [0, 0.1) is 12.3 Å². The number of likely N-dealkylation sites (N-methyl/N-ethyl adjacent to an activating group) is 1. The summed E-state index contributed by atoms with van der Waals surface area (Å²) in [4.78, 5) is 13.8. The Labute approximate surface area is 111 Å². The number of thiol groups is 1. The van der Waals surface area contributed by atoms with Gasteiger partial charge in [-0.1, -0.05) is 11.6 Å². The molecule has 0 saturated heterocycles. The van der Waals surface area contributed by atoms with Crippen LogP contribution in [0.3, 0.4) is 0 Å². The van der Waals surface area contributed by atoms with Gasteiger partial charge in [0.15, 0.2) is 10.9 Å². The van der Waals surface area contributed by atoms with E-state index in [9.17, 15) is 4.79 Å². The molecule has 18 heavy (non-hydrogen) atoms. The van der Waals surface area contributed by atoms with Crippen molar-refractivity contribution in [2.24, 2.45) is 5.10 Å². The number of nitrogens with zero attached hydrogens (tertiary/aromatic N) is 2. The van der Waals surface area contributed by atoms with E-state index < -0.39 is 0 Å². The largest absolute Gasteiger partial charge is 0.307 e.